The topological polar surface area (TPSA) is 43.7 Å². The fourth-order valence-electron chi connectivity index (χ4n) is 2.62. The molecule has 1 aliphatic heterocycles. The monoisotopic (exact) mass is 235 g/mol. The van der Waals surface area contributed by atoms with Gasteiger partial charge in [-0.1, -0.05) is 12.1 Å². The number of rotatable bonds is 4. The third-order valence-electron chi connectivity index (χ3n) is 3.59. The third-order valence-corrected chi connectivity index (χ3v) is 3.59. The van der Waals surface area contributed by atoms with Crippen LogP contribution in [0.15, 0.2) is 18.2 Å². The SMILES string of the molecule is Cc1cc(C(CCO)N2CCCC2)ccc1O. The Kier molecular flexibility index (Phi) is 4.02. The quantitative estimate of drug-likeness (QED) is 0.841. The van der Waals surface area contributed by atoms with Gasteiger partial charge >= 0.3 is 0 Å². The molecule has 1 fully saturated rings. The third kappa shape index (κ3) is 2.79. The van der Waals surface area contributed by atoms with Crippen molar-refractivity contribution in [3.63, 3.8) is 0 Å². The van der Waals surface area contributed by atoms with Crippen molar-refractivity contribution in [3.8, 4) is 5.75 Å². The van der Waals surface area contributed by atoms with E-state index in [0.717, 1.165) is 25.1 Å². The summed E-state index contributed by atoms with van der Waals surface area (Å²) >= 11 is 0. The van der Waals surface area contributed by atoms with Gasteiger partial charge in [0.15, 0.2) is 0 Å². The first-order chi connectivity index (χ1) is 8.22. The molecule has 0 amide bonds. The molecule has 1 aliphatic rings. The summed E-state index contributed by atoms with van der Waals surface area (Å²) in [5, 5.41) is 18.8. The highest BCUT2D eigenvalue weighted by molar-refractivity contribution is 5.36. The van der Waals surface area contributed by atoms with Gasteiger partial charge in [-0.3, -0.25) is 4.90 Å². The highest BCUT2D eigenvalue weighted by atomic mass is 16.3. The van der Waals surface area contributed by atoms with Crippen molar-refractivity contribution in [2.75, 3.05) is 19.7 Å². The van der Waals surface area contributed by atoms with Crippen molar-refractivity contribution in [2.45, 2.75) is 32.2 Å². The van der Waals surface area contributed by atoms with E-state index in [1.54, 1.807) is 6.07 Å². The van der Waals surface area contributed by atoms with Crippen molar-refractivity contribution < 1.29 is 10.2 Å². The van der Waals surface area contributed by atoms with E-state index in [-0.39, 0.29) is 6.61 Å². The molecule has 0 saturated carbocycles. The van der Waals surface area contributed by atoms with Crippen LogP contribution in [-0.2, 0) is 0 Å². The predicted molar refractivity (Wildman–Crippen MR) is 68.1 cm³/mol. The molecule has 3 nitrogen and oxygen atoms in total. The van der Waals surface area contributed by atoms with Gasteiger partial charge in [-0.25, -0.2) is 0 Å². The molecule has 94 valence electrons. The van der Waals surface area contributed by atoms with Crippen LogP contribution < -0.4 is 0 Å². The summed E-state index contributed by atoms with van der Waals surface area (Å²) in [7, 11) is 0. The maximum atomic E-state index is 9.56. The zero-order valence-corrected chi connectivity index (χ0v) is 10.4. The summed E-state index contributed by atoms with van der Waals surface area (Å²) in [6, 6.07) is 6.06. The molecule has 0 aliphatic carbocycles. The van der Waals surface area contributed by atoms with E-state index in [9.17, 15) is 10.2 Å². The lowest BCUT2D eigenvalue weighted by atomic mass is 10.00. The molecule has 0 bridgehead atoms. The van der Waals surface area contributed by atoms with E-state index in [1.807, 2.05) is 19.1 Å². The van der Waals surface area contributed by atoms with Gasteiger partial charge in [-0.2, -0.15) is 0 Å². The van der Waals surface area contributed by atoms with Crippen molar-refractivity contribution in [1.29, 1.82) is 0 Å². The highest BCUT2D eigenvalue weighted by Gasteiger charge is 2.23. The lowest BCUT2D eigenvalue weighted by Crippen LogP contribution is -2.26. The first-order valence-corrected chi connectivity index (χ1v) is 6.37. The van der Waals surface area contributed by atoms with Crippen LogP contribution in [0.1, 0.15) is 36.4 Å². The van der Waals surface area contributed by atoms with E-state index in [1.165, 1.54) is 18.4 Å². The van der Waals surface area contributed by atoms with Gasteiger partial charge in [0.25, 0.3) is 0 Å². The van der Waals surface area contributed by atoms with Crippen LogP contribution in [0.4, 0.5) is 0 Å². The average Bonchev–Trinajstić information content (AvgIpc) is 2.83. The van der Waals surface area contributed by atoms with Gasteiger partial charge in [0.2, 0.25) is 0 Å². The van der Waals surface area contributed by atoms with Crippen molar-refractivity contribution in [3.05, 3.63) is 29.3 Å². The molecule has 0 aromatic heterocycles. The lowest BCUT2D eigenvalue weighted by molar-refractivity contribution is 0.185. The second kappa shape index (κ2) is 5.52. The minimum atomic E-state index is 0.209. The highest BCUT2D eigenvalue weighted by Crippen LogP contribution is 2.30. The first-order valence-electron chi connectivity index (χ1n) is 6.37. The number of benzene rings is 1. The summed E-state index contributed by atoms with van der Waals surface area (Å²) in [6.07, 6.45) is 3.27. The molecular weight excluding hydrogens is 214 g/mol. The molecule has 1 heterocycles. The summed E-state index contributed by atoms with van der Waals surface area (Å²) in [5.74, 6) is 0.345. The fraction of sp³-hybridized carbons (Fsp3) is 0.571. The first kappa shape index (κ1) is 12.4. The summed E-state index contributed by atoms with van der Waals surface area (Å²) < 4.78 is 0. The Morgan fingerprint density at radius 1 is 1.29 bits per heavy atom. The molecular formula is C14H21NO2. The Morgan fingerprint density at radius 2 is 2.00 bits per heavy atom. The zero-order chi connectivity index (χ0) is 12.3. The molecule has 2 rings (SSSR count). The van der Waals surface area contributed by atoms with E-state index in [0.29, 0.717) is 11.8 Å². The molecule has 17 heavy (non-hydrogen) atoms. The summed E-state index contributed by atoms with van der Waals surface area (Å²) in [4.78, 5) is 2.43. The summed E-state index contributed by atoms with van der Waals surface area (Å²) in [5.41, 5.74) is 2.11. The molecule has 2 N–H and O–H groups in total. The molecule has 0 spiro atoms. The number of aliphatic hydroxyl groups is 1. The number of phenols is 1. The van der Waals surface area contributed by atoms with Crippen molar-refractivity contribution in [1.82, 2.24) is 4.90 Å². The minimum Gasteiger partial charge on any atom is -0.508 e. The van der Waals surface area contributed by atoms with Crippen LogP contribution in [0.3, 0.4) is 0 Å². The maximum Gasteiger partial charge on any atom is 0.118 e. The molecule has 3 heteroatoms. The molecule has 1 atom stereocenters. The molecule has 0 radical (unpaired) electrons. The van der Waals surface area contributed by atoms with Crippen LogP contribution in [-0.4, -0.2) is 34.8 Å². The number of hydrogen-bond acceptors (Lipinski definition) is 3. The zero-order valence-electron chi connectivity index (χ0n) is 10.4. The number of aliphatic hydroxyl groups excluding tert-OH is 1. The Bertz CT molecular complexity index is 372. The lowest BCUT2D eigenvalue weighted by Gasteiger charge is -2.27. The average molecular weight is 235 g/mol. The maximum absolute atomic E-state index is 9.56. The van der Waals surface area contributed by atoms with Crippen molar-refractivity contribution >= 4 is 0 Å². The second-order valence-corrected chi connectivity index (χ2v) is 4.82. The predicted octanol–water partition coefficient (Wildman–Crippen LogP) is 2.22. The van der Waals surface area contributed by atoms with Crippen LogP contribution in [0, 0.1) is 6.92 Å². The number of nitrogens with zero attached hydrogens (tertiary/aromatic N) is 1. The molecule has 1 unspecified atom stereocenters. The van der Waals surface area contributed by atoms with Crippen molar-refractivity contribution in [2.24, 2.45) is 0 Å². The molecule has 1 aromatic carbocycles. The fourth-order valence-corrected chi connectivity index (χ4v) is 2.62. The van der Waals surface area contributed by atoms with Crippen LogP contribution in [0.5, 0.6) is 5.75 Å². The van der Waals surface area contributed by atoms with Crippen LogP contribution in [0.2, 0.25) is 0 Å². The van der Waals surface area contributed by atoms with Gasteiger partial charge in [-0.05, 0) is 56.5 Å². The van der Waals surface area contributed by atoms with Gasteiger partial charge in [-0.15, -0.1) is 0 Å². The standard InChI is InChI=1S/C14H21NO2/c1-11-10-12(4-5-14(11)17)13(6-9-16)15-7-2-3-8-15/h4-5,10,13,16-17H,2-3,6-9H2,1H3. The summed E-state index contributed by atoms with van der Waals surface area (Å²) in [6.45, 7) is 4.36. The van der Waals surface area contributed by atoms with E-state index in [2.05, 4.69) is 4.90 Å². The van der Waals surface area contributed by atoms with Gasteiger partial charge < -0.3 is 10.2 Å². The number of aromatic hydroxyl groups is 1. The second-order valence-electron chi connectivity index (χ2n) is 4.82. The Hall–Kier alpha value is -1.06. The van der Waals surface area contributed by atoms with Gasteiger partial charge in [0, 0.05) is 12.6 Å². The number of aryl methyl sites for hydroxylation is 1. The van der Waals surface area contributed by atoms with E-state index in [4.69, 9.17) is 0 Å². The van der Waals surface area contributed by atoms with Crippen LogP contribution in [0.25, 0.3) is 0 Å². The number of likely N-dealkylation sites (tertiary alicyclic amines) is 1. The smallest absolute Gasteiger partial charge is 0.118 e. The van der Waals surface area contributed by atoms with Gasteiger partial charge in [0.05, 0.1) is 0 Å². The van der Waals surface area contributed by atoms with Crippen LogP contribution >= 0.6 is 0 Å². The Morgan fingerprint density at radius 3 is 2.59 bits per heavy atom. The minimum absolute atomic E-state index is 0.209. The van der Waals surface area contributed by atoms with Gasteiger partial charge in [0.1, 0.15) is 5.75 Å². The number of phenolic OH excluding ortho intramolecular Hbond substituents is 1. The van der Waals surface area contributed by atoms with E-state index < -0.39 is 0 Å². The molecule has 1 saturated heterocycles. The largest absolute Gasteiger partial charge is 0.508 e. The normalized spacial score (nSPS) is 18.5. The Balaban J connectivity index is 2.21. The Labute approximate surface area is 103 Å². The number of hydrogen-bond donors (Lipinski definition) is 2. The van der Waals surface area contributed by atoms with E-state index >= 15 is 0 Å². The molecule has 1 aromatic rings.